The number of carbonyl (C=O) groups is 3. The lowest BCUT2D eigenvalue weighted by atomic mass is 10.0. The third-order valence-electron chi connectivity index (χ3n) is 3.78. The number of carboxylic acids is 1. The van der Waals surface area contributed by atoms with Gasteiger partial charge < -0.3 is 20.1 Å². The largest absolute Gasteiger partial charge is 0.480 e. The van der Waals surface area contributed by atoms with E-state index in [2.05, 4.69) is 21.2 Å². The van der Waals surface area contributed by atoms with Gasteiger partial charge in [0, 0.05) is 10.0 Å². The molecule has 2 N–H and O–H groups in total. The Kier molecular flexibility index (Phi) is 5.95. The van der Waals surface area contributed by atoms with Gasteiger partial charge in [-0.15, -0.1) is 0 Å². The Labute approximate surface area is 148 Å². The van der Waals surface area contributed by atoms with E-state index < -0.39 is 24.0 Å². The average Bonchev–Trinajstić information content (AvgIpc) is 3.02. The zero-order valence-electron chi connectivity index (χ0n) is 13.4. The van der Waals surface area contributed by atoms with Gasteiger partial charge in [-0.1, -0.05) is 29.8 Å². The first-order valence-corrected chi connectivity index (χ1v) is 8.28. The molecule has 2 amide bonds. The summed E-state index contributed by atoms with van der Waals surface area (Å²) in [6, 6.07) is 4.89. The van der Waals surface area contributed by atoms with E-state index >= 15 is 0 Å². The minimum absolute atomic E-state index is 0.0491. The Morgan fingerprint density at radius 3 is 2.46 bits per heavy atom. The van der Waals surface area contributed by atoms with Crippen LogP contribution in [0.15, 0.2) is 28.7 Å². The molecule has 130 valence electrons. The molecular weight excluding hydrogens is 380 g/mol. The molecule has 1 saturated heterocycles. The van der Waals surface area contributed by atoms with E-state index in [0.29, 0.717) is 5.56 Å². The fourth-order valence-electron chi connectivity index (χ4n) is 2.38. The predicted octanol–water partition coefficient (Wildman–Crippen LogP) is 1.47. The Morgan fingerprint density at radius 1 is 1.29 bits per heavy atom. The van der Waals surface area contributed by atoms with Crippen molar-refractivity contribution in [2.45, 2.75) is 25.9 Å². The summed E-state index contributed by atoms with van der Waals surface area (Å²) in [5.41, 5.74) is 0.420. The Balaban J connectivity index is 2.14. The molecule has 1 aromatic carbocycles. The van der Waals surface area contributed by atoms with Crippen LogP contribution in [0.3, 0.4) is 0 Å². The molecule has 1 aliphatic heterocycles. The van der Waals surface area contributed by atoms with Crippen LogP contribution in [-0.2, 0) is 14.3 Å². The molecule has 1 aliphatic rings. The molecule has 1 unspecified atom stereocenters. The predicted molar refractivity (Wildman–Crippen MR) is 89.3 cm³/mol. The van der Waals surface area contributed by atoms with E-state index in [9.17, 15) is 19.5 Å². The van der Waals surface area contributed by atoms with Crippen LogP contribution in [0.25, 0.3) is 0 Å². The lowest BCUT2D eigenvalue weighted by Crippen LogP contribution is -2.54. The number of aliphatic carboxylic acids is 1. The number of hydrogen-bond acceptors (Lipinski definition) is 4. The fourth-order valence-corrected chi connectivity index (χ4v) is 2.65. The first kappa shape index (κ1) is 18.4. The van der Waals surface area contributed by atoms with E-state index in [4.69, 9.17) is 4.74 Å². The molecule has 7 nitrogen and oxygen atoms in total. The van der Waals surface area contributed by atoms with Crippen molar-refractivity contribution in [1.82, 2.24) is 10.2 Å². The van der Waals surface area contributed by atoms with E-state index in [1.165, 1.54) is 0 Å². The van der Waals surface area contributed by atoms with Crippen LogP contribution in [0.1, 0.15) is 24.2 Å². The number of hydrogen-bond donors (Lipinski definition) is 2. The third-order valence-corrected chi connectivity index (χ3v) is 4.30. The van der Waals surface area contributed by atoms with Gasteiger partial charge in [0.1, 0.15) is 12.8 Å². The molecule has 1 fully saturated rings. The van der Waals surface area contributed by atoms with Gasteiger partial charge in [-0.2, -0.15) is 0 Å². The zero-order valence-corrected chi connectivity index (χ0v) is 14.9. The van der Waals surface area contributed by atoms with E-state index in [1.54, 1.807) is 38.1 Å². The molecule has 1 aromatic rings. The zero-order chi connectivity index (χ0) is 17.9. The molecule has 2 atom stereocenters. The number of carboxylic acid groups (broad SMARTS) is 1. The van der Waals surface area contributed by atoms with Gasteiger partial charge in [-0.3, -0.25) is 9.59 Å². The molecule has 0 spiro atoms. The van der Waals surface area contributed by atoms with Crippen molar-refractivity contribution in [2.75, 3.05) is 13.3 Å². The smallest absolute Gasteiger partial charge is 0.328 e. The van der Waals surface area contributed by atoms with Crippen molar-refractivity contribution in [1.29, 1.82) is 0 Å². The number of halogens is 1. The summed E-state index contributed by atoms with van der Waals surface area (Å²) in [7, 11) is 0. The third kappa shape index (κ3) is 4.12. The molecule has 0 aromatic heterocycles. The maximum atomic E-state index is 12.7. The number of benzene rings is 1. The van der Waals surface area contributed by atoms with Gasteiger partial charge in [-0.05, 0) is 30.2 Å². The first-order valence-electron chi connectivity index (χ1n) is 7.48. The van der Waals surface area contributed by atoms with Crippen LogP contribution in [0, 0.1) is 5.92 Å². The van der Waals surface area contributed by atoms with Gasteiger partial charge in [0.15, 0.2) is 6.04 Å². The van der Waals surface area contributed by atoms with Crippen LogP contribution in [-0.4, -0.2) is 53.2 Å². The Bertz CT molecular complexity index is 632. The molecule has 8 heteroatoms. The number of nitrogens with one attached hydrogen (secondary N) is 1. The van der Waals surface area contributed by atoms with Gasteiger partial charge >= 0.3 is 5.97 Å². The summed E-state index contributed by atoms with van der Waals surface area (Å²) < 4.78 is 5.93. The Hall–Kier alpha value is -1.93. The summed E-state index contributed by atoms with van der Waals surface area (Å²) >= 11 is 3.29. The van der Waals surface area contributed by atoms with E-state index in [0.717, 1.165) is 9.37 Å². The minimum atomic E-state index is -1.12. The van der Waals surface area contributed by atoms with Crippen molar-refractivity contribution >= 4 is 33.7 Å². The lowest BCUT2D eigenvalue weighted by Gasteiger charge is -2.28. The SMILES string of the molecule is CC(C)C(NC(=O)c1ccc(Br)cc1)C(=O)N1COC[C@H]1C(=O)O. The van der Waals surface area contributed by atoms with Crippen molar-refractivity contribution in [3.05, 3.63) is 34.3 Å². The molecule has 0 saturated carbocycles. The molecule has 0 bridgehead atoms. The number of carbonyl (C=O) groups excluding carboxylic acids is 2. The molecule has 2 rings (SSSR count). The van der Waals surface area contributed by atoms with Crippen LogP contribution in [0.2, 0.25) is 0 Å². The van der Waals surface area contributed by atoms with E-state index in [-0.39, 0.29) is 25.2 Å². The summed E-state index contributed by atoms with van der Waals surface area (Å²) in [5.74, 6) is -2.17. The standard InChI is InChI=1S/C16H19BrN2O5/c1-9(2)13(15(21)19-8-24-7-12(19)16(22)23)18-14(20)10-3-5-11(17)6-4-10/h3-6,9,12-13H,7-8H2,1-2H3,(H,18,20)(H,22,23)/t12-,13?/m0/s1. The summed E-state index contributed by atoms with van der Waals surface area (Å²) in [6.07, 6.45) is 0. The lowest BCUT2D eigenvalue weighted by molar-refractivity contribution is -0.149. The highest BCUT2D eigenvalue weighted by Gasteiger charge is 2.39. The van der Waals surface area contributed by atoms with Gasteiger partial charge in [0.25, 0.3) is 5.91 Å². The number of amides is 2. The summed E-state index contributed by atoms with van der Waals surface area (Å²) in [5, 5.41) is 11.9. The second-order valence-electron chi connectivity index (χ2n) is 5.86. The highest BCUT2D eigenvalue weighted by atomic mass is 79.9. The number of rotatable bonds is 5. The van der Waals surface area contributed by atoms with Crippen molar-refractivity contribution < 1.29 is 24.2 Å². The van der Waals surface area contributed by atoms with Crippen molar-refractivity contribution in [3.8, 4) is 0 Å². The van der Waals surface area contributed by atoms with Crippen LogP contribution in [0.4, 0.5) is 0 Å². The van der Waals surface area contributed by atoms with Crippen LogP contribution < -0.4 is 5.32 Å². The number of nitrogens with zero attached hydrogens (tertiary/aromatic N) is 1. The van der Waals surface area contributed by atoms with Gasteiger partial charge in [-0.25, -0.2) is 4.79 Å². The van der Waals surface area contributed by atoms with Crippen molar-refractivity contribution in [3.63, 3.8) is 0 Å². The summed E-state index contributed by atoms with van der Waals surface area (Å²) in [4.78, 5) is 37.4. The summed E-state index contributed by atoms with van der Waals surface area (Å²) in [6.45, 7) is 3.44. The van der Waals surface area contributed by atoms with Gasteiger partial charge in [0.05, 0.1) is 6.61 Å². The van der Waals surface area contributed by atoms with E-state index in [1.807, 2.05) is 0 Å². The second kappa shape index (κ2) is 7.76. The quantitative estimate of drug-likeness (QED) is 0.782. The van der Waals surface area contributed by atoms with Gasteiger partial charge in [0.2, 0.25) is 5.91 Å². The maximum Gasteiger partial charge on any atom is 0.328 e. The minimum Gasteiger partial charge on any atom is -0.480 e. The first-order chi connectivity index (χ1) is 11.3. The number of ether oxygens (including phenoxy) is 1. The fraction of sp³-hybridized carbons (Fsp3) is 0.438. The van der Waals surface area contributed by atoms with Crippen molar-refractivity contribution in [2.24, 2.45) is 5.92 Å². The monoisotopic (exact) mass is 398 g/mol. The second-order valence-corrected chi connectivity index (χ2v) is 6.78. The molecular formula is C16H19BrN2O5. The topological polar surface area (TPSA) is 95.9 Å². The average molecular weight is 399 g/mol. The Morgan fingerprint density at radius 2 is 1.92 bits per heavy atom. The highest BCUT2D eigenvalue weighted by molar-refractivity contribution is 9.10. The maximum absolute atomic E-state index is 12.7. The normalized spacial score (nSPS) is 18.5. The van der Waals surface area contributed by atoms with Crippen LogP contribution in [0.5, 0.6) is 0 Å². The molecule has 0 radical (unpaired) electrons. The van der Waals surface area contributed by atoms with Crippen LogP contribution >= 0.6 is 15.9 Å². The molecule has 1 heterocycles. The molecule has 0 aliphatic carbocycles. The molecule has 24 heavy (non-hydrogen) atoms. The highest BCUT2D eigenvalue weighted by Crippen LogP contribution is 2.16.